The Morgan fingerprint density at radius 1 is 1.12 bits per heavy atom. The first-order chi connectivity index (χ1) is 12.0. The maximum Gasteiger partial charge on any atom is 0.251 e. The third-order valence-electron chi connectivity index (χ3n) is 3.96. The number of hydrogen-bond donors (Lipinski definition) is 1. The molecule has 0 spiro atoms. The summed E-state index contributed by atoms with van der Waals surface area (Å²) in [6, 6.07) is 11.2. The molecule has 0 aliphatic heterocycles. The van der Waals surface area contributed by atoms with Crippen LogP contribution >= 0.6 is 0 Å². The van der Waals surface area contributed by atoms with E-state index in [0.717, 1.165) is 5.56 Å². The van der Waals surface area contributed by atoms with Crippen molar-refractivity contribution in [3.8, 4) is 11.5 Å². The summed E-state index contributed by atoms with van der Waals surface area (Å²) in [6.07, 6.45) is 0. The van der Waals surface area contributed by atoms with Gasteiger partial charge in [-0.2, -0.15) is 0 Å². The Morgan fingerprint density at radius 3 is 2.44 bits per heavy atom. The fourth-order valence-corrected chi connectivity index (χ4v) is 2.58. The molecule has 1 N–H and O–H groups in total. The van der Waals surface area contributed by atoms with E-state index in [2.05, 4.69) is 5.32 Å². The first-order valence-electron chi connectivity index (χ1n) is 7.88. The van der Waals surface area contributed by atoms with Gasteiger partial charge in [-0.3, -0.25) is 4.79 Å². The molecule has 0 aliphatic rings. The molecule has 0 aliphatic carbocycles. The zero-order valence-electron chi connectivity index (χ0n) is 14.9. The van der Waals surface area contributed by atoms with Gasteiger partial charge in [0.25, 0.3) is 5.91 Å². The Labute approximate surface area is 147 Å². The van der Waals surface area contributed by atoms with Crippen LogP contribution in [0.5, 0.6) is 11.5 Å². The SMILES string of the molecule is COc1ccc(C(=O)NCC(c2cccc(F)c2)N(C)C)cc1OC. The van der Waals surface area contributed by atoms with Crippen molar-refractivity contribution in [3.05, 3.63) is 59.4 Å². The highest BCUT2D eigenvalue weighted by atomic mass is 19.1. The molecule has 25 heavy (non-hydrogen) atoms. The van der Waals surface area contributed by atoms with Gasteiger partial charge < -0.3 is 19.7 Å². The van der Waals surface area contributed by atoms with E-state index in [1.807, 2.05) is 25.1 Å². The Morgan fingerprint density at radius 2 is 1.84 bits per heavy atom. The van der Waals surface area contributed by atoms with E-state index in [1.165, 1.54) is 26.4 Å². The molecule has 0 radical (unpaired) electrons. The highest BCUT2D eigenvalue weighted by molar-refractivity contribution is 5.94. The third-order valence-corrected chi connectivity index (χ3v) is 3.96. The highest BCUT2D eigenvalue weighted by Crippen LogP contribution is 2.27. The van der Waals surface area contributed by atoms with Crippen LogP contribution in [-0.4, -0.2) is 45.7 Å². The first kappa shape index (κ1) is 18.7. The van der Waals surface area contributed by atoms with Gasteiger partial charge in [0.2, 0.25) is 0 Å². The molecule has 2 rings (SSSR count). The third kappa shape index (κ3) is 4.70. The molecule has 2 aromatic carbocycles. The standard InChI is InChI=1S/C19H23FN2O3/c1-22(2)16(13-6-5-7-15(20)10-13)12-21-19(23)14-8-9-17(24-3)18(11-14)25-4/h5-11,16H,12H2,1-4H3,(H,21,23). The van der Waals surface area contributed by atoms with Gasteiger partial charge >= 0.3 is 0 Å². The number of hydrogen-bond acceptors (Lipinski definition) is 4. The summed E-state index contributed by atoms with van der Waals surface area (Å²) in [7, 11) is 6.83. The fraction of sp³-hybridized carbons (Fsp3) is 0.316. The molecule has 2 aromatic rings. The molecule has 0 saturated heterocycles. The van der Waals surface area contributed by atoms with Crippen LogP contribution in [0.15, 0.2) is 42.5 Å². The number of nitrogens with zero attached hydrogens (tertiary/aromatic N) is 1. The predicted octanol–water partition coefficient (Wildman–Crippen LogP) is 2.88. The van der Waals surface area contributed by atoms with Gasteiger partial charge in [0, 0.05) is 12.1 Å². The zero-order valence-corrected chi connectivity index (χ0v) is 14.9. The van der Waals surface area contributed by atoms with Gasteiger partial charge in [-0.15, -0.1) is 0 Å². The summed E-state index contributed by atoms with van der Waals surface area (Å²) in [5, 5.41) is 2.89. The molecule has 0 aromatic heterocycles. The number of rotatable bonds is 7. The maximum absolute atomic E-state index is 13.5. The zero-order chi connectivity index (χ0) is 18.4. The lowest BCUT2D eigenvalue weighted by Gasteiger charge is -2.25. The lowest BCUT2D eigenvalue weighted by atomic mass is 10.1. The molecule has 5 nitrogen and oxygen atoms in total. The average Bonchev–Trinajstić information content (AvgIpc) is 2.60. The van der Waals surface area contributed by atoms with E-state index < -0.39 is 0 Å². The van der Waals surface area contributed by atoms with Crippen LogP contribution in [0, 0.1) is 5.82 Å². The average molecular weight is 346 g/mol. The number of ether oxygens (including phenoxy) is 2. The van der Waals surface area contributed by atoms with Crippen LogP contribution in [-0.2, 0) is 0 Å². The summed E-state index contributed by atoms with van der Waals surface area (Å²) in [4.78, 5) is 14.4. The topological polar surface area (TPSA) is 50.8 Å². The van der Waals surface area contributed by atoms with E-state index in [-0.39, 0.29) is 17.8 Å². The van der Waals surface area contributed by atoms with Gasteiger partial charge in [-0.25, -0.2) is 4.39 Å². The van der Waals surface area contributed by atoms with Crippen LogP contribution in [0.4, 0.5) is 4.39 Å². The van der Waals surface area contributed by atoms with E-state index >= 15 is 0 Å². The van der Waals surface area contributed by atoms with Crippen LogP contribution in [0.3, 0.4) is 0 Å². The van der Waals surface area contributed by atoms with Crippen molar-refractivity contribution in [1.82, 2.24) is 10.2 Å². The molecule has 1 amide bonds. The number of benzene rings is 2. The Bertz CT molecular complexity index is 734. The smallest absolute Gasteiger partial charge is 0.251 e. The van der Waals surface area contributed by atoms with E-state index in [1.54, 1.807) is 24.3 Å². The molecular weight excluding hydrogens is 323 g/mol. The molecule has 134 valence electrons. The van der Waals surface area contributed by atoms with Crippen molar-refractivity contribution in [3.63, 3.8) is 0 Å². The number of carbonyl (C=O) groups excluding carboxylic acids is 1. The van der Waals surface area contributed by atoms with Crippen molar-refractivity contribution in [1.29, 1.82) is 0 Å². The van der Waals surface area contributed by atoms with Crippen molar-refractivity contribution in [2.24, 2.45) is 0 Å². The lowest BCUT2D eigenvalue weighted by molar-refractivity contribution is 0.0941. The minimum Gasteiger partial charge on any atom is -0.493 e. The summed E-state index contributed by atoms with van der Waals surface area (Å²) in [5.41, 5.74) is 1.27. The number of methoxy groups -OCH3 is 2. The number of amides is 1. The van der Waals surface area contributed by atoms with E-state index in [9.17, 15) is 9.18 Å². The van der Waals surface area contributed by atoms with Gasteiger partial charge in [-0.05, 0) is 50.0 Å². The summed E-state index contributed by atoms with van der Waals surface area (Å²) >= 11 is 0. The number of carbonyl (C=O) groups is 1. The summed E-state index contributed by atoms with van der Waals surface area (Å²) < 4.78 is 23.9. The van der Waals surface area contributed by atoms with Gasteiger partial charge in [0.05, 0.1) is 20.3 Å². The lowest BCUT2D eigenvalue weighted by Crippen LogP contribution is -2.34. The number of nitrogens with one attached hydrogen (secondary N) is 1. The molecule has 1 atom stereocenters. The predicted molar refractivity (Wildman–Crippen MR) is 94.7 cm³/mol. The molecule has 0 bridgehead atoms. The van der Waals surface area contributed by atoms with Crippen molar-refractivity contribution in [2.75, 3.05) is 34.9 Å². The summed E-state index contributed by atoms with van der Waals surface area (Å²) in [6.45, 7) is 0.351. The number of likely N-dealkylation sites (N-methyl/N-ethyl adjacent to an activating group) is 1. The van der Waals surface area contributed by atoms with Gasteiger partial charge in [0.15, 0.2) is 11.5 Å². The first-order valence-corrected chi connectivity index (χ1v) is 7.88. The van der Waals surface area contributed by atoms with E-state index in [4.69, 9.17) is 9.47 Å². The van der Waals surface area contributed by atoms with Crippen LogP contribution in [0.2, 0.25) is 0 Å². The minimum atomic E-state index is -0.296. The van der Waals surface area contributed by atoms with Crippen LogP contribution in [0.1, 0.15) is 22.0 Å². The Kier molecular flexibility index (Phi) is 6.36. The Hall–Kier alpha value is -2.60. The normalized spacial score (nSPS) is 11.9. The second kappa shape index (κ2) is 8.48. The molecular formula is C19H23FN2O3. The summed E-state index contributed by atoms with van der Waals surface area (Å²) in [5.74, 6) is 0.522. The molecule has 0 fully saturated rings. The Balaban J connectivity index is 2.11. The minimum absolute atomic E-state index is 0.139. The molecule has 0 heterocycles. The highest BCUT2D eigenvalue weighted by Gasteiger charge is 2.17. The second-order valence-electron chi connectivity index (χ2n) is 5.81. The van der Waals surface area contributed by atoms with Gasteiger partial charge in [-0.1, -0.05) is 12.1 Å². The maximum atomic E-state index is 13.5. The van der Waals surface area contributed by atoms with Crippen LogP contribution in [0.25, 0.3) is 0 Å². The van der Waals surface area contributed by atoms with Crippen molar-refractivity contribution < 1.29 is 18.7 Å². The fourth-order valence-electron chi connectivity index (χ4n) is 2.58. The van der Waals surface area contributed by atoms with Crippen molar-refractivity contribution >= 4 is 5.91 Å². The largest absolute Gasteiger partial charge is 0.493 e. The van der Waals surface area contributed by atoms with Crippen molar-refractivity contribution in [2.45, 2.75) is 6.04 Å². The van der Waals surface area contributed by atoms with E-state index in [0.29, 0.717) is 23.6 Å². The molecule has 6 heteroatoms. The number of halogens is 1. The molecule has 0 saturated carbocycles. The van der Waals surface area contributed by atoms with Crippen LogP contribution < -0.4 is 14.8 Å². The van der Waals surface area contributed by atoms with Gasteiger partial charge in [0.1, 0.15) is 5.82 Å². The second-order valence-corrected chi connectivity index (χ2v) is 5.81. The monoisotopic (exact) mass is 346 g/mol. The quantitative estimate of drug-likeness (QED) is 0.838. The molecule has 1 unspecified atom stereocenters.